The van der Waals surface area contributed by atoms with Crippen molar-refractivity contribution in [3.63, 3.8) is 0 Å². The average molecular weight is 320 g/mol. The predicted octanol–water partition coefficient (Wildman–Crippen LogP) is 1.90. The second kappa shape index (κ2) is 6.89. The molecule has 1 N–H and O–H groups in total. The molecule has 1 aliphatic heterocycles. The number of nitrogens with one attached hydrogen (secondary N) is 1. The molecule has 0 amide bonds. The van der Waals surface area contributed by atoms with Crippen LogP contribution in [0.4, 0.5) is 5.82 Å². The van der Waals surface area contributed by atoms with Gasteiger partial charge in [0.05, 0.1) is 12.1 Å². The van der Waals surface area contributed by atoms with Crippen molar-refractivity contribution >= 4 is 17.4 Å². The van der Waals surface area contributed by atoms with Crippen molar-refractivity contribution in [2.75, 3.05) is 25.1 Å². The largest absolute Gasteiger partial charge is 0.480 e. The van der Waals surface area contributed by atoms with Gasteiger partial charge in [-0.2, -0.15) is 0 Å². The highest BCUT2D eigenvalue weighted by Crippen LogP contribution is 2.25. The van der Waals surface area contributed by atoms with Gasteiger partial charge < -0.3 is 15.0 Å². The maximum absolute atomic E-state index is 6.21. The van der Waals surface area contributed by atoms with Crippen molar-refractivity contribution in [3.8, 4) is 5.88 Å². The van der Waals surface area contributed by atoms with Gasteiger partial charge in [0.1, 0.15) is 11.5 Å². The quantitative estimate of drug-likeness (QED) is 0.908. The number of hydrogen-bond donors (Lipinski definition) is 1. The molecule has 1 saturated heterocycles. The minimum Gasteiger partial charge on any atom is -0.480 e. The Labute approximate surface area is 134 Å². The first-order valence-electron chi connectivity index (χ1n) is 7.20. The van der Waals surface area contributed by atoms with Gasteiger partial charge in [-0.05, 0) is 18.6 Å². The van der Waals surface area contributed by atoms with Crippen molar-refractivity contribution in [1.29, 1.82) is 0 Å². The van der Waals surface area contributed by atoms with Gasteiger partial charge in [0, 0.05) is 44.3 Å². The van der Waals surface area contributed by atoms with Gasteiger partial charge in [0.15, 0.2) is 0 Å². The molecule has 7 heteroatoms. The molecule has 0 aliphatic carbocycles. The molecule has 3 rings (SSSR count). The number of hydrogen-bond acceptors (Lipinski definition) is 6. The second-order valence-electron chi connectivity index (χ2n) is 5.13. The fraction of sp³-hybridized carbons (Fsp3) is 0.400. The molecule has 0 aromatic carbocycles. The molecule has 2 aromatic heterocycles. The highest BCUT2D eigenvalue weighted by molar-refractivity contribution is 6.32. The number of rotatable bonds is 5. The molecule has 2 aromatic rings. The number of anilines is 1. The van der Waals surface area contributed by atoms with E-state index in [1.165, 1.54) is 0 Å². The summed E-state index contributed by atoms with van der Waals surface area (Å²) in [5, 5.41) is 4.19. The summed E-state index contributed by atoms with van der Waals surface area (Å²) < 4.78 is 5.22. The van der Waals surface area contributed by atoms with Gasteiger partial charge in [-0.15, -0.1) is 0 Å². The van der Waals surface area contributed by atoms with Crippen LogP contribution in [0.15, 0.2) is 30.7 Å². The van der Waals surface area contributed by atoms with E-state index in [9.17, 15) is 0 Å². The number of aromatic nitrogens is 3. The Morgan fingerprint density at radius 2 is 2.18 bits per heavy atom. The zero-order valence-electron chi connectivity index (χ0n) is 12.4. The molecule has 1 fully saturated rings. The summed E-state index contributed by atoms with van der Waals surface area (Å²) >= 11 is 6.21. The zero-order chi connectivity index (χ0) is 15.4. The van der Waals surface area contributed by atoms with Crippen LogP contribution in [0.25, 0.3) is 0 Å². The van der Waals surface area contributed by atoms with Crippen LogP contribution in [0.5, 0.6) is 5.88 Å². The lowest BCUT2D eigenvalue weighted by Crippen LogP contribution is -2.32. The summed E-state index contributed by atoms with van der Waals surface area (Å²) in [6.07, 6.45) is 6.11. The smallest absolute Gasteiger partial charge is 0.236 e. The Bertz CT molecular complexity index is 639. The third-order valence-corrected chi connectivity index (χ3v) is 4.01. The van der Waals surface area contributed by atoms with Crippen LogP contribution < -0.4 is 15.0 Å². The molecule has 0 bridgehead atoms. The number of nitrogens with zero attached hydrogens (tertiary/aromatic N) is 4. The number of pyridine rings is 1. The Hall–Kier alpha value is -1.92. The van der Waals surface area contributed by atoms with Crippen molar-refractivity contribution in [1.82, 2.24) is 20.3 Å². The maximum atomic E-state index is 6.21. The van der Waals surface area contributed by atoms with E-state index in [1.54, 1.807) is 25.7 Å². The summed E-state index contributed by atoms with van der Waals surface area (Å²) in [5.74, 6) is 1.42. The van der Waals surface area contributed by atoms with Crippen LogP contribution in [0.2, 0.25) is 5.02 Å². The molecule has 0 spiro atoms. The van der Waals surface area contributed by atoms with Gasteiger partial charge in [0.2, 0.25) is 5.88 Å². The molecule has 3 heterocycles. The zero-order valence-corrected chi connectivity index (χ0v) is 13.1. The van der Waals surface area contributed by atoms with Crippen molar-refractivity contribution in [3.05, 3.63) is 41.4 Å². The van der Waals surface area contributed by atoms with Crippen LogP contribution in [-0.2, 0) is 6.54 Å². The van der Waals surface area contributed by atoms with Crippen molar-refractivity contribution in [2.24, 2.45) is 0 Å². The van der Waals surface area contributed by atoms with Gasteiger partial charge in [-0.3, -0.25) is 4.98 Å². The van der Waals surface area contributed by atoms with Crippen LogP contribution in [0.1, 0.15) is 12.1 Å². The Morgan fingerprint density at radius 3 is 3.00 bits per heavy atom. The van der Waals surface area contributed by atoms with Crippen molar-refractivity contribution in [2.45, 2.75) is 19.0 Å². The third kappa shape index (κ3) is 3.28. The molecule has 116 valence electrons. The third-order valence-electron chi connectivity index (χ3n) is 3.71. The molecule has 1 atom stereocenters. The van der Waals surface area contributed by atoms with E-state index in [-0.39, 0.29) is 0 Å². The molecule has 1 aliphatic rings. The first kappa shape index (κ1) is 15.0. The van der Waals surface area contributed by atoms with Crippen molar-refractivity contribution < 1.29 is 4.74 Å². The SMILES string of the molecule is COc1nccnc1CNC1CCN(c2ncccc2Cl)C1. The average Bonchev–Trinajstić information content (AvgIpc) is 3.02. The highest BCUT2D eigenvalue weighted by atomic mass is 35.5. The predicted molar refractivity (Wildman–Crippen MR) is 85.3 cm³/mol. The Kier molecular flexibility index (Phi) is 4.70. The lowest BCUT2D eigenvalue weighted by Gasteiger charge is -2.19. The lowest BCUT2D eigenvalue weighted by molar-refractivity contribution is 0.385. The summed E-state index contributed by atoms with van der Waals surface area (Å²) in [7, 11) is 1.61. The fourth-order valence-corrected chi connectivity index (χ4v) is 2.86. The number of ether oxygens (including phenoxy) is 1. The lowest BCUT2D eigenvalue weighted by atomic mass is 10.2. The minimum atomic E-state index is 0.366. The molecular weight excluding hydrogens is 302 g/mol. The van der Waals surface area contributed by atoms with Crippen LogP contribution in [0, 0.1) is 0 Å². The van der Waals surface area contributed by atoms with E-state index >= 15 is 0 Å². The van der Waals surface area contributed by atoms with E-state index in [0.29, 0.717) is 23.5 Å². The van der Waals surface area contributed by atoms with Gasteiger partial charge in [-0.1, -0.05) is 11.6 Å². The molecule has 1 unspecified atom stereocenters. The molecular formula is C15H18ClN5O. The summed E-state index contributed by atoms with van der Waals surface area (Å²) in [5.41, 5.74) is 0.819. The van der Waals surface area contributed by atoms with Crippen LogP contribution >= 0.6 is 11.6 Å². The van der Waals surface area contributed by atoms with E-state index in [2.05, 4.69) is 25.2 Å². The van der Waals surface area contributed by atoms with Gasteiger partial charge >= 0.3 is 0 Å². The van der Waals surface area contributed by atoms with E-state index in [1.807, 2.05) is 12.1 Å². The van der Waals surface area contributed by atoms with Crippen LogP contribution in [-0.4, -0.2) is 41.2 Å². The standard InChI is InChI=1S/C15H18ClN5O/c1-22-15-13(17-6-7-19-15)9-20-11-4-8-21(10-11)14-12(16)3-2-5-18-14/h2-3,5-7,11,20H,4,8-10H2,1H3. The number of halogens is 1. The molecule has 22 heavy (non-hydrogen) atoms. The minimum absolute atomic E-state index is 0.366. The summed E-state index contributed by atoms with van der Waals surface area (Å²) in [6.45, 7) is 2.44. The number of methoxy groups -OCH3 is 1. The van der Waals surface area contributed by atoms with Gasteiger partial charge in [-0.25, -0.2) is 9.97 Å². The first-order chi connectivity index (χ1) is 10.8. The Balaban J connectivity index is 1.59. The van der Waals surface area contributed by atoms with E-state index < -0.39 is 0 Å². The maximum Gasteiger partial charge on any atom is 0.236 e. The monoisotopic (exact) mass is 319 g/mol. The summed E-state index contributed by atoms with van der Waals surface area (Å²) in [4.78, 5) is 15.0. The van der Waals surface area contributed by atoms with E-state index in [0.717, 1.165) is 31.0 Å². The molecule has 0 radical (unpaired) electrons. The van der Waals surface area contributed by atoms with E-state index in [4.69, 9.17) is 16.3 Å². The summed E-state index contributed by atoms with van der Waals surface area (Å²) in [6, 6.07) is 4.08. The highest BCUT2D eigenvalue weighted by Gasteiger charge is 2.24. The normalized spacial score (nSPS) is 17.7. The fourth-order valence-electron chi connectivity index (χ4n) is 2.62. The topological polar surface area (TPSA) is 63.2 Å². The first-order valence-corrected chi connectivity index (χ1v) is 7.58. The molecule has 0 saturated carbocycles. The van der Waals surface area contributed by atoms with Crippen LogP contribution in [0.3, 0.4) is 0 Å². The second-order valence-corrected chi connectivity index (χ2v) is 5.54. The molecule has 6 nitrogen and oxygen atoms in total. The Morgan fingerprint density at radius 1 is 1.32 bits per heavy atom. The van der Waals surface area contributed by atoms with Gasteiger partial charge in [0.25, 0.3) is 0 Å².